The van der Waals surface area contributed by atoms with Crippen LogP contribution in [0.1, 0.15) is 18.5 Å². The fraction of sp³-hybridized carbons (Fsp3) is 0.417. The first-order valence-corrected chi connectivity index (χ1v) is 6.16. The van der Waals surface area contributed by atoms with Crippen LogP contribution in [0.25, 0.3) is 0 Å². The minimum Gasteiger partial charge on any atom is -0.481 e. The minimum atomic E-state index is -0.726. The Morgan fingerprint density at radius 3 is 2.65 bits per heavy atom. The highest BCUT2D eigenvalue weighted by Crippen LogP contribution is 2.33. The molecule has 1 atom stereocenters. The number of rotatable bonds is 3. The number of likely N-dealkylation sites (tertiary alicyclic amines) is 1. The van der Waals surface area contributed by atoms with Crippen molar-refractivity contribution in [2.24, 2.45) is 5.92 Å². The fourth-order valence-corrected chi connectivity index (χ4v) is 2.59. The molecule has 1 aliphatic heterocycles. The van der Waals surface area contributed by atoms with E-state index in [1.807, 2.05) is 13.0 Å². The number of benzene rings is 1. The highest BCUT2D eigenvalue weighted by Gasteiger charge is 2.35. The second-order valence-corrected chi connectivity index (χ2v) is 5.17. The van der Waals surface area contributed by atoms with Gasteiger partial charge in [0, 0.05) is 29.2 Å². The molecule has 0 saturated carbocycles. The minimum absolute atomic E-state index is 0.121. The van der Waals surface area contributed by atoms with Gasteiger partial charge in [-0.3, -0.25) is 9.69 Å². The van der Waals surface area contributed by atoms with Crippen molar-refractivity contribution >= 4 is 29.2 Å². The van der Waals surface area contributed by atoms with Gasteiger partial charge in [-0.15, -0.1) is 0 Å². The summed E-state index contributed by atoms with van der Waals surface area (Å²) in [6.07, 6.45) is 0. The molecule has 1 unspecified atom stereocenters. The predicted molar refractivity (Wildman–Crippen MR) is 67.6 cm³/mol. The first-order chi connectivity index (χ1) is 7.99. The van der Waals surface area contributed by atoms with E-state index in [4.69, 9.17) is 28.3 Å². The number of carboxylic acid groups (broad SMARTS) is 1. The summed E-state index contributed by atoms with van der Waals surface area (Å²) in [6, 6.07) is 5.52. The van der Waals surface area contributed by atoms with Crippen molar-refractivity contribution < 1.29 is 9.90 Å². The molecule has 92 valence electrons. The average molecular weight is 274 g/mol. The Morgan fingerprint density at radius 2 is 2.12 bits per heavy atom. The molecule has 0 spiro atoms. The zero-order valence-electron chi connectivity index (χ0n) is 9.36. The molecule has 5 heteroatoms. The Hall–Kier alpha value is -0.770. The Kier molecular flexibility index (Phi) is 3.61. The molecule has 1 saturated heterocycles. The summed E-state index contributed by atoms with van der Waals surface area (Å²) in [4.78, 5) is 12.8. The van der Waals surface area contributed by atoms with E-state index in [2.05, 4.69) is 4.90 Å². The maximum Gasteiger partial charge on any atom is 0.309 e. The molecule has 0 aromatic heterocycles. The van der Waals surface area contributed by atoms with Gasteiger partial charge in [0.1, 0.15) is 0 Å². The zero-order chi connectivity index (χ0) is 12.6. The summed E-state index contributed by atoms with van der Waals surface area (Å²) in [5, 5.41) is 10.1. The molecular formula is C12H13Cl2NO2. The van der Waals surface area contributed by atoms with Crippen molar-refractivity contribution in [1.82, 2.24) is 4.90 Å². The SMILES string of the molecule is CC(c1ccc(Cl)cc1Cl)N1CC(C(=O)O)C1. The third-order valence-corrected chi connectivity index (χ3v) is 3.78. The smallest absolute Gasteiger partial charge is 0.309 e. The zero-order valence-corrected chi connectivity index (χ0v) is 10.9. The standard InChI is InChI=1S/C12H13Cl2NO2/c1-7(15-5-8(6-15)12(16)17)10-3-2-9(13)4-11(10)14/h2-4,7-8H,5-6H2,1H3,(H,16,17). The van der Waals surface area contributed by atoms with Crippen LogP contribution in [-0.2, 0) is 4.79 Å². The number of aliphatic carboxylic acids is 1. The van der Waals surface area contributed by atoms with E-state index >= 15 is 0 Å². The van der Waals surface area contributed by atoms with Crippen molar-refractivity contribution in [3.63, 3.8) is 0 Å². The van der Waals surface area contributed by atoms with Gasteiger partial charge >= 0.3 is 5.97 Å². The second-order valence-electron chi connectivity index (χ2n) is 4.33. The van der Waals surface area contributed by atoms with Crippen LogP contribution < -0.4 is 0 Å². The van der Waals surface area contributed by atoms with E-state index in [9.17, 15) is 4.79 Å². The van der Waals surface area contributed by atoms with Gasteiger partial charge in [0.2, 0.25) is 0 Å². The van der Waals surface area contributed by atoms with Crippen LogP contribution in [0.15, 0.2) is 18.2 Å². The van der Waals surface area contributed by atoms with Gasteiger partial charge in [0.05, 0.1) is 5.92 Å². The predicted octanol–water partition coefficient (Wildman–Crippen LogP) is 3.07. The van der Waals surface area contributed by atoms with Crippen molar-refractivity contribution in [2.75, 3.05) is 13.1 Å². The van der Waals surface area contributed by atoms with E-state index in [0.29, 0.717) is 23.1 Å². The molecule has 1 N–H and O–H groups in total. The number of carbonyl (C=O) groups is 1. The Labute approximate surface area is 110 Å². The molecule has 0 aliphatic carbocycles. The largest absolute Gasteiger partial charge is 0.481 e. The van der Waals surface area contributed by atoms with Crippen LogP contribution in [0.3, 0.4) is 0 Å². The topological polar surface area (TPSA) is 40.5 Å². The van der Waals surface area contributed by atoms with Gasteiger partial charge in [-0.2, -0.15) is 0 Å². The first kappa shape index (κ1) is 12.7. The molecule has 17 heavy (non-hydrogen) atoms. The quantitative estimate of drug-likeness (QED) is 0.920. The normalized spacial score (nSPS) is 18.8. The molecule has 3 nitrogen and oxygen atoms in total. The molecule has 2 rings (SSSR count). The lowest BCUT2D eigenvalue weighted by molar-refractivity contribution is -0.148. The molecular weight excluding hydrogens is 261 g/mol. The van der Waals surface area contributed by atoms with Gasteiger partial charge in [0.15, 0.2) is 0 Å². The molecule has 0 amide bonds. The van der Waals surface area contributed by atoms with E-state index in [1.165, 1.54) is 0 Å². The third-order valence-electron chi connectivity index (χ3n) is 3.22. The monoisotopic (exact) mass is 273 g/mol. The summed E-state index contributed by atoms with van der Waals surface area (Å²) in [5.41, 5.74) is 0.986. The molecule has 1 fully saturated rings. The Bertz CT molecular complexity index is 444. The highest BCUT2D eigenvalue weighted by molar-refractivity contribution is 6.35. The van der Waals surface area contributed by atoms with Crippen molar-refractivity contribution in [2.45, 2.75) is 13.0 Å². The van der Waals surface area contributed by atoms with Crippen LogP contribution in [0.4, 0.5) is 0 Å². The van der Waals surface area contributed by atoms with Crippen LogP contribution in [0.5, 0.6) is 0 Å². The molecule has 1 aliphatic rings. The molecule has 1 heterocycles. The fourth-order valence-electron chi connectivity index (χ4n) is 2.02. The lowest BCUT2D eigenvalue weighted by atomic mass is 9.95. The molecule has 1 aromatic carbocycles. The lowest BCUT2D eigenvalue weighted by Crippen LogP contribution is -2.51. The Balaban J connectivity index is 2.06. The summed E-state index contributed by atoms with van der Waals surface area (Å²) in [7, 11) is 0. The van der Waals surface area contributed by atoms with E-state index < -0.39 is 5.97 Å². The number of hydrogen-bond acceptors (Lipinski definition) is 2. The number of carboxylic acids is 1. The van der Waals surface area contributed by atoms with Gasteiger partial charge in [-0.1, -0.05) is 29.3 Å². The van der Waals surface area contributed by atoms with Crippen LogP contribution in [0.2, 0.25) is 10.0 Å². The number of hydrogen-bond donors (Lipinski definition) is 1. The highest BCUT2D eigenvalue weighted by atomic mass is 35.5. The first-order valence-electron chi connectivity index (χ1n) is 5.41. The third kappa shape index (κ3) is 2.57. The van der Waals surface area contributed by atoms with Crippen LogP contribution in [-0.4, -0.2) is 29.1 Å². The maximum absolute atomic E-state index is 10.7. The van der Waals surface area contributed by atoms with E-state index in [-0.39, 0.29) is 12.0 Å². The van der Waals surface area contributed by atoms with E-state index in [0.717, 1.165) is 5.56 Å². The summed E-state index contributed by atoms with van der Waals surface area (Å²) < 4.78 is 0. The number of halogens is 2. The summed E-state index contributed by atoms with van der Waals surface area (Å²) >= 11 is 12.0. The van der Waals surface area contributed by atoms with Crippen molar-refractivity contribution in [1.29, 1.82) is 0 Å². The summed E-state index contributed by atoms with van der Waals surface area (Å²) in [6.45, 7) is 3.18. The average Bonchev–Trinajstić information content (AvgIpc) is 2.13. The Morgan fingerprint density at radius 1 is 1.47 bits per heavy atom. The number of nitrogens with zero attached hydrogens (tertiary/aromatic N) is 1. The molecule has 0 radical (unpaired) electrons. The van der Waals surface area contributed by atoms with Crippen molar-refractivity contribution in [3.05, 3.63) is 33.8 Å². The van der Waals surface area contributed by atoms with Crippen molar-refractivity contribution in [3.8, 4) is 0 Å². The molecule has 0 bridgehead atoms. The second kappa shape index (κ2) is 4.84. The lowest BCUT2D eigenvalue weighted by Gasteiger charge is -2.41. The van der Waals surface area contributed by atoms with Gasteiger partial charge in [-0.25, -0.2) is 0 Å². The van der Waals surface area contributed by atoms with Gasteiger partial charge in [-0.05, 0) is 24.6 Å². The maximum atomic E-state index is 10.7. The van der Waals surface area contributed by atoms with Gasteiger partial charge in [0.25, 0.3) is 0 Å². The van der Waals surface area contributed by atoms with E-state index in [1.54, 1.807) is 12.1 Å². The van der Waals surface area contributed by atoms with Gasteiger partial charge < -0.3 is 5.11 Å². The molecule has 1 aromatic rings. The van der Waals surface area contributed by atoms with Crippen LogP contribution in [0, 0.1) is 5.92 Å². The summed E-state index contributed by atoms with van der Waals surface area (Å²) in [5.74, 6) is -0.973. The van der Waals surface area contributed by atoms with Crippen LogP contribution >= 0.6 is 23.2 Å².